The molecule has 0 saturated carbocycles. The monoisotopic (exact) mass is 182 g/mol. The highest BCUT2D eigenvalue weighted by Crippen LogP contribution is 2.11. The molecule has 1 unspecified atom stereocenters. The Labute approximate surface area is 79.4 Å². The van der Waals surface area contributed by atoms with Crippen LogP contribution >= 0.6 is 0 Å². The fourth-order valence-electron chi connectivity index (χ4n) is 1.27. The van der Waals surface area contributed by atoms with Crippen LogP contribution in [0.5, 0.6) is 0 Å². The van der Waals surface area contributed by atoms with E-state index in [1.165, 1.54) is 5.56 Å². The fourth-order valence-corrected chi connectivity index (χ4v) is 1.27. The molecule has 0 amide bonds. The molecule has 0 aliphatic heterocycles. The maximum atomic E-state index is 8.66. The van der Waals surface area contributed by atoms with E-state index in [9.17, 15) is 0 Å². The van der Waals surface area contributed by atoms with Crippen molar-refractivity contribution in [1.82, 2.24) is 9.88 Å². The van der Waals surface area contributed by atoms with Gasteiger partial charge in [-0.25, -0.2) is 0 Å². The molecular weight excluding hydrogens is 164 g/mol. The maximum Gasteiger partial charge on any atom is 0.0448 e. The van der Waals surface area contributed by atoms with Gasteiger partial charge in [-0.3, -0.25) is 0 Å². The molecule has 0 aliphatic carbocycles. The van der Waals surface area contributed by atoms with Crippen LogP contribution in [0.25, 0.3) is 0 Å². The minimum atomic E-state index is 0.259. The summed E-state index contributed by atoms with van der Waals surface area (Å²) in [4.78, 5) is 0. The summed E-state index contributed by atoms with van der Waals surface area (Å²) in [5.74, 6) is 0. The fraction of sp³-hybridized carbons (Fsp3) is 0.600. The van der Waals surface area contributed by atoms with Crippen LogP contribution in [0.4, 0.5) is 0 Å². The number of aliphatic hydroxyl groups is 1. The number of aryl methyl sites for hydroxylation is 1. The quantitative estimate of drug-likeness (QED) is 0.717. The molecule has 0 aliphatic rings. The lowest BCUT2D eigenvalue weighted by molar-refractivity contribution is 0.280. The van der Waals surface area contributed by atoms with Crippen LogP contribution in [0, 0.1) is 0 Å². The predicted octanol–water partition coefficient (Wildman–Crippen LogP) is 1.15. The molecule has 0 fully saturated rings. The molecule has 0 radical (unpaired) electrons. The van der Waals surface area contributed by atoms with Gasteiger partial charge in [0.05, 0.1) is 0 Å². The first kappa shape index (κ1) is 10.3. The second kappa shape index (κ2) is 5.04. The molecule has 3 nitrogen and oxygen atoms in total. The number of hydrogen-bond donors (Lipinski definition) is 2. The van der Waals surface area contributed by atoms with Gasteiger partial charge in [0.15, 0.2) is 0 Å². The molecule has 1 aromatic heterocycles. The van der Waals surface area contributed by atoms with E-state index in [-0.39, 0.29) is 6.61 Å². The van der Waals surface area contributed by atoms with E-state index >= 15 is 0 Å². The van der Waals surface area contributed by atoms with Crippen molar-refractivity contribution in [1.29, 1.82) is 0 Å². The van der Waals surface area contributed by atoms with Gasteiger partial charge in [0.1, 0.15) is 0 Å². The average Bonchev–Trinajstić information content (AvgIpc) is 2.62. The Balaban J connectivity index is 2.53. The van der Waals surface area contributed by atoms with E-state index in [1.807, 2.05) is 7.05 Å². The maximum absolute atomic E-state index is 8.66. The van der Waals surface area contributed by atoms with Gasteiger partial charge in [0, 0.05) is 31.6 Å². The molecule has 1 rings (SSSR count). The zero-order valence-corrected chi connectivity index (χ0v) is 8.33. The Hall–Kier alpha value is -0.800. The van der Waals surface area contributed by atoms with E-state index in [4.69, 9.17) is 5.11 Å². The van der Waals surface area contributed by atoms with Crippen LogP contribution in [0.3, 0.4) is 0 Å². The van der Waals surface area contributed by atoms with Gasteiger partial charge in [0.25, 0.3) is 0 Å². The number of nitrogens with zero attached hydrogens (tertiary/aromatic N) is 1. The first-order valence-corrected chi connectivity index (χ1v) is 4.71. The van der Waals surface area contributed by atoms with E-state index in [0.29, 0.717) is 6.04 Å². The van der Waals surface area contributed by atoms with E-state index < -0.39 is 0 Å². The normalized spacial score (nSPS) is 13.2. The second-order valence-electron chi connectivity index (χ2n) is 3.27. The molecule has 0 saturated heterocycles. The summed E-state index contributed by atoms with van der Waals surface area (Å²) < 4.78 is 2.11. The van der Waals surface area contributed by atoms with E-state index in [2.05, 4.69) is 35.3 Å². The van der Waals surface area contributed by atoms with E-state index in [1.54, 1.807) is 0 Å². The third kappa shape index (κ3) is 2.86. The second-order valence-corrected chi connectivity index (χ2v) is 3.27. The third-order valence-corrected chi connectivity index (χ3v) is 2.28. The largest absolute Gasteiger partial charge is 0.396 e. The van der Waals surface area contributed by atoms with Crippen molar-refractivity contribution >= 4 is 0 Å². The van der Waals surface area contributed by atoms with Gasteiger partial charge < -0.3 is 15.0 Å². The van der Waals surface area contributed by atoms with Crippen LogP contribution in [0.2, 0.25) is 0 Å². The van der Waals surface area contributed by atoms with Crippen molar-refractivity contribution in [2.24, 2.45) is 0 Å². The molecular formula is C10H18N2O. The standard InChI is InChI=1S/C10H18N2O/c1-9(11-2)10-4-6-12(8-10)5-3-7-13/h4,6,8-9,11,13H,3,5,7H2,1-2H3. The summed E-state index contributed by atoms with van der Waals surface area (Å²) in [6.45, 7) is 3.29. The van der Waals surface area contributed by atoms with Crippen molar-refractivity contribution < 1.29 is 5.11 Å². The highest BCUT2D eigenvalue weighted by atomic mass is 16.3. The van der Waals surface area contributed by atoms with Crippen molar-refractivity contribution in [2.75, 3.05) is 13.7 Å². The van der Waals surface area contributed by atoms with Crippen molar-refractivity contribution in [3.8, 4) is 0 Å². The van der Waals surface area contributed by atoms with Crippen LogP contribution in [-0.2, 0) is 6.54 Å². The van der Waals surface area contributed by atoms with Crippen molar-refractivity contribution in [3.05, 3.63) is 24.0 Å². The lowest BCUT2D eigenvalue weighted by Crippen LogP contribution is -2.11. The first-order valence-electron chi connectivity index (χ1n) is 4.71. The third-order valence-electron chi connectivity index (χ3n) is 2.28. The number of aromatic nitrogens is 1. The van der Waals surface area contributed by atoms with Gasteiger partial charge in [-0.1, -0.05) is 0 Å². The SMILES string of the molecule is CNC(C)c1ccn(CCCO)c1. The molecule has 1 aromatic rings. The minimum Gasteiger partial charge on any atom is -0.396 e. The summed E-state index contributed by atoms with van der Waals surface area (Å²) in [5, 5.41) is 11.9. The van der Waals surface area contributed by atoms with Crippen LogP contribution < -0.4 is 5.32 Å². The van der Waals surface area contributed by atoms with E-state index in [0.717, 1.165) is 13.0 Å². The molecule has 0 spiro atoms. The molecule has 2 N–H and O–H groups in total. The van der Waals surface area contributed by atoms with Crippen molar-refractivity contribution in [3.63, 3.8) is 0 Å². The Morgan fingerprint density at radius 2 is 2.38 bits per heavy atom. The zero-order valence-electron chi connectivity index (χ0n) is 8.33. The van der Waals surface area contributed by atoms with Crippen molar-refractivity contribution in [2.45, 2.75) is 25.9 Å². The Kier molecular flexibility index (Phi) is 3.99. The van der Waals surface area contributed by atoms with Crippen LogP contribution in [-0.4, -0.2) is 23.3 Å². The van der Waals surface area contributed by atoms with Crippen LogP contribution in [0.15, 0.2) is 18.5 Å². The highest BCUT2D eigenvalue weighted by Gasteiger charge is 2.03. The van der Waals surface area contributed by atoms with Crippen LogP contribution in [0.1, 0.15) is 24.9 Å². The number of aliphatic hydroxyl groups excluding tert-OH is 1. The van der Waals surface area contributed by atoms with Gasteiger partial charge in [-0.2, -0.15) is 0 Å². The summed E-state index contributed by atoms with van der Waals surface area (Å²) in [7, 11) is 1.95. The summed E-state index contributed by atoms with van der Waals surface area (Å²) in [6, 6.07) is 2.51. The lowest BCUT2D eigenvalue weighted by atomic mass is 10.2. The molecule has 3 heteroatoms. The smallest absolute Gasteiger partial charge is 0.0448 e. The molecule has 0 aromatic carbocycles. The van der Waals surface area contributed by atoms with Gasteiger partial charge >= 0.3 is 0 Å². The predicted molar refractivity (Wildman–Crippen MR) is 53.6 cm³/mol. The highest BCUT2D eigenvalue weighted by molar-refractivity contribution is 5.14. The molecule has 74 valence electrons. The zero-order chi connectivity index (χ0) is 9.68. The molecule has 1 atom stereocenters. The van der Waals surface area contributed by atoms with Gasteiger partial charge in [-0.05, 0) is 32.0 Å². The Morgan fingerprint density at radius 1 is 1.62 bits per heavy atom. The summed E-state index contributed by atoms with van der Waals surface area (Å²) in [6.07, 6.45) is 5.00. The van der Waals surface area contributed by atoms with Gasteiger partial charge in [0.2, 0.25) is 0 Å². The Morgan fingerprint density at radius 3 is 3.00 bits per heavy atom. The number of rotatable bonds is 5. The summed E-state index contributed by atoms with van der Waals surface area (Å²) >= 11 is 0. The Bertz CT molecular complexity index is 245. The number of hydrogen-bond acceptors (Lipinski definition) is 2. The average molecular weight is 182 g/mol. The lowest BCUT2D eigenvalue weighted by Gasteiger charge is -2.06. The summed E-state index contributed by atoms with van der Waals surface area (Å²) in [5.41, 5.74) is 1.29. The molecule has 1 heterocycles. The topological polar surface area (TPSA) is 37.2 Å². The first-order chi connectivity index (χ1) is 6.27. The number of nitrogens with one attached hydrogen (secondary N) is 1. The van der Waals surface area contributed by atoms with Gasteiger partial charge in [-0.15, -0.1) is 0 Å². The molecule has 13 heavy (non-hydrogen) atoms. The minimum absolute atomic E-state index is 0.259. The molecule has 0 bridgehead atoms.